The maximum absolute atomic E-state index is 11.3. The minimum absolute atomic E-state index is 0.247. The lowest BCUT2D eigenvalue weighted by molar-refractivity contribution is -0.143. The van der Waals surface area contributed by atoms with Gasteiger partial charge in [-0.25, -0.2) is 0 Å². The Kier molecular flexibility index (Phi) is 5.33. The van der Waals surface area contributed by atoms with E-state index in [-0.39, 0.29) is 12.4 Å². The van der Waals surface area contributed by atoms with Crippen LogP contribution in [-0.4, -0.2) is 22.7 Å². The van der Waals surface area contributed by atoms with Gasteiger partial charge in [0.2, 0.25) is 5.89 Å². The second kappa shape index (κ2) is 7.02. The van der Waals surface area contributed by atoms with Crippen molar-refractivity contribution < 1.29 is 14.1 Å². The van der Waals surface area contributed by atoms with Crippen LogP contribution in [-0.2, 0) is 21.5 Å². The molecule has 118 valence electrons. The molecule has 6 heteroatoms. The molecule has 1 heterocycles. The van der Waals surface area contributed by atoms with Gasteiger partial charge in [0.15, 0.2) is 5.82 Å². The summed E-state index contributed by atoms with van der Waals surface area (Å²) in [5, 5.41) is 4.02. The average Bonchev–Trinajstić information content (AvgIpc) is 2.96. The monoisotopic (exact) mass is 295 g/mol. The Morgan fingerprint density at radius 2 is 2.14 bits per heavy atom. The molecule has 0 saturated heterocycles. The molecule has 0 aliphatic heterocycles. The van der Waals surface area contributed by atoms with Crippen LogP contribution in [0.3, 0.4) is 0 Å². The first-order valence-corrected chi connectivity index (χ1v) is 7.85. The topological polar surface area (TPSA) is 91.2 Å². The van der Waals surface area contributed by atoms with Crippen molar-refractivity contribution in [2.45, 2.75) is 64.3 Å². The van der Waals surface area contributed by atoms with Gasteiger partial charge >= 0.3 is 5.97 Å². The molecule has 1 aliphatic rings. The summed E-state index contributed by atoms with van der Waals surface area (Å²) in [5.41, 5.74) is 5.96. The highest BCUT2D eigenvalue weighted by Gasteiger charge is 2.36. The molecule has 6 nitrogen and oxygen atoms in total. The summed E-state index contributed by atoms with van der Waals surface area (Å²) >= 11 is 0. The first kappa shape index (κ1) is 15.9. The van der Waals surface area contributed by atoms with Crippen molar-refractivity contribution in [3.05, 3.63) is 11.7 Å². The van der Waals surface area contributed by atoms with Crippen LogP contribution in [0.1, 0.15) is 64.1 Å². The van der Waals surface area contributed by atoms with Gasteiger partial charge in [0.25, 0.3) is 0 Å². The quantitative estimate of drug-likeness (QED) is 0.810. The first-order chi connectivity index (χ1) is 10.1. The number of nitrogens with two attached hydrogens (primary N) is 1. The second-order valence-corrected chi connectivity index (χ2v) is 5.82. The Morgan fingerprint density at radius 1 is 1.43 bits per heavy atom. The molecular weight excluding hydrogens is 270 g/mol. The molecule has 1 aliphatic carbocycles. The third kappa shape index (κ3) is 4.03. The largest absolute Gasteiger partial charge is 0.466 e. The normalized spacial score (nSPS) is 25.8. The van der Waals surface area contributed by atoms with E-state index in [0.717, 1.165) is 31.6 Å². The van der Waals surface area contributed by atoms with Gasteiger partial charge in [-0.05, 0) is 38.5 Å². The van der Waals surface area contributed by atoms with E-state index >= 15 is 0 Å². The number of ether oxygens (including phenoxy) is 1. The lowest BCUT2D eigenvalue weighted by atomic mass is 9.76. The van der Waals surface area contributed by atoms with Gasteiger partial charge in [-0.1, -0.05) is 18.5 Å². The van der Waals surface area contributed by atoms with Crippen molar-refractivity contribution in [2.24, 2.45) is 11.7 Å². The molecule has 2 N–H and O–H groups in total. The molecule has 1 aromatic heterocycles. The number of aromatic nitrogens is 2. The van der Waals surface area contributed by atoms with E-state index in [2.05, 4.69) is 17.1 Å². The van der Waals surface area contributed by atoms with Crippen LogP contribution < -0.4 is 5.73 Å². The number of carbonyl (C=O) groups excluding carboxylic acids is 1. The smallest absolute Gasteiger partial charge is 0.306 e. The Labute approximate surface area is 125 Å². The Bertz CT molecular complexity index is 464. The van der Waals surface area contributed by atoms with E-state index in [1.54, 1.807) is 6.92 Å². The van der Waals surface area contributed by atoms with Crippen LogP contribution >= 0.6 is 0 Å². The van der Waals surface area contributed by atoms with E-state index in [0.29, 0.717) is 24.7 Å². The molecule has 1 saturated carbocycles. The van der Waals surface area contributed by atoms with Gasteiger partial charge < -0.3 is 15.0 Å². The van der Waals surface area contributed by atoms with Crippen LogP contribution in [0.2, 0.25) is 0 Å². The first-order valence-electron chi connectivity index (χ1n) is 7.85. The molecular formula is C15H25N3O3. The van der Waals surface area contributed by atoms with E-state index in [4.69, 9.17) is 15.0 Å². The Hall–Kier alpha value is -1.43. The van der Waals surface area contributed by atoms with Crippen LogP contribution in [0.25, 0.3) is 0 Å². The number of nitrogens with zero attached hydrogens (tertiary/aromatic N) is 2. The Balaban J connectivity index is 1.92. The van der Waals surface area contributed by atoms with Gasteiger partial charge in [0.1, 0.15) is 0 Å². The fourth-order valence-corrected chi connectivity index (χ4v) is 2.83. The minimum atomic E-state index is -0.475. The second-order valence-electron chi connectivity index (χ2n) is 5.82. The summed E-state index contributed by atoms with van der Waals surface area (Å²) < 4.78 is 10.1. The number of aryl methyl sites for hydroxylation is 1. The van der Waals surface area contributed by atoms with Crippen LogP contribution in [0.5, 0.6) is 0 Å². The number of hydrogen-bond donors (Lipinski definition) is 1. The van der Waals surface area contributed by atoms with Gasteiger partial charge in [-0.15, -0.1) is 0 Å². The van der Waals surface area contributed by atoms with Crippen molar-refractivity contribution >= 4 is 5.97 Å². The average molecular weight is 295 g/mol. The molecule has 0 aromatic carbocycles. The van der Waals surface area contributed by atoms with Gasteiger partial charge in [-0.2, -0.15) is 4.98 Å². The van der Waals surface area contributed by atoms with Gasteiger partial charge in [-0.3, -0.25) is 4.79 Å². The molecule has 1 aromatic rings. The van der Waals surface area contributed by atoms with E-state index in [1.807, 2.05) is 0 Å². The van der Waals surface area contributed by atoms with Gasteiger partial charge in [0.05, 0.1) is 18.6 Å². The van der Waals surface area contributed by atoms with Crippen LogP contribution in [0.15, 0.2) is 4.52 Å². The SMILES string of the molecule is CCOC(=O)CCc1nc(C2(N)CCC(CC)CC2)no1. The molecule has 0 amide bonds. The summed E-state index contributed by atoms with van der Waals surface area (Å²) in [4.78, 5) is 15.7. The zero-order valence-electron chi connectivity index (χ0n) is 12.9. The fourth-order valence-electron chi connectivity index (χ4n) is 2.83. The van der Waals surface area contributed by atoms with Crippen molar-refractivity contribution in [2.75, 3.05) is 6.61 Å². The summed E-state index contributed by atoms with van der Waals surface area (Å²) in [7, 11) is 0. The minimum Gasteiger partial charge on any atom is -0.466 e. The zero-order chi connectivity index (χ0) is 15.3. The number of esters is 1. The van der Waals surface area contributed by atoms with Crippen LogP contribution in [0.4, 0.5) is 0 Å². The van der Waals surface area contributed by atoms with E-state index < -0.39 is 5.54 Å². The summed E-state index contributed by atoms with van der Waals surface area (Å²) in [5.74, 6) is 1.55. The third-order valence-electron chi connectivity index (χ3n) is 4.34. The molecule has 0 unspecified atom stereocenters. The predicted octanol–water partition coefficient (Wildman–Crippen LogP) is 2.32. The maximum Gasteiger partial charge on any atom is 0.306 e. The van der Waals surface area contributed by atoms with Gasteiger partial charge in [0, 0.05) is 6.42 Å². The number of rotatable bonds is 6. The summed E-state index contributed by atoms with van der Waals surface area (Å²) in [6.45, 7) is 4.39. The van der Waals surface area contributed by atoms with Crippen LogP contribution in [0, 0.1) is 5.92 Å². The molecule has 1 fully saturated rings. The molecule has 0 bridgehead atoms. The highest BCUT2D eigenvalue weighted by Crippen LogP contribution is 2.37. The standard InChI is InChI=1S/C15H25N3O3/c1-3-11-7-9-15(16,10-8-11)14-17-12(21-18-14)5-6-13(19)20-4-2/h11H,3-10,16H2,1-2H3. The zero-order valence-corrected chi connectivity index (χ0v) is 12.9. The molecule has 0 radical (unpaired) electrons. The maximum atomic E-state index is 11.3. The predicted molar refractivity (Wildman–Crippen MR) is 77.4 cm³/mol. The van der Waals surface area contributed by atoms with Crippen molar-refractivity contribution in [3.63, 3.8) is 0 Å². The molecule has 2 rings (SSSR count). The van der Waals surface area contributed by atoms with Crippen molar-refractivity contribution in [3.8, 4) is 0 Å². The lowest BCUT2D eigenvalue weighted by Crippen LogP contribution is -2.41. The number of carbonyl (C=O) groups is 1. The highest BCUT2D eigenvalue weighted by atomic mass is 16.5. The van der Waals surface area contributed by atoms with E-state index in [1.165, 1.54) is 6.42 Å². The molecule has 0 atom stereocenters. The third-order valence-corrected chi connectivity index (χ3v) is 4.34. The van der Waals surface area contributed by atoms with Crippen molar-refractivity contribution in [1.29, 1.82) is 0 Å². The van der Waals surface area contributed by atoms with Crippen molar-refractivity contribution in [1.82, 2.24) is 10.1 Å². The summed E-state index contributed by atoms with van der Waals surface area (Å²) in [6, 6.07) is 0. The summed E-state index contributed by atoms with van der Waals surface area (Å²) in [6.07, 6.45) is 5.86. The molecule has 21 heavy (non-hydrogen) atoms. The fraction of sp³-hybridized carbons (Fsp3) is 0.800. The lowest BCUT2D eigenvalue weighted by Gasteiger charge is -2.34. The Morgan fingerprint density at radius 3 is 2.76 bits per heavy atom. The van der Waals surface area contributed by atoms with E-state index in [9.17, 15) is 4.79 Å². The number of hydrogen-bond acceptors (Lipinski definition) is 6. The highest BCUT2D eigenvalue weighted by molar-refractivity contribution is 5.69. The molecule has 0 spiro atoms.